The predicted octanol–water partition coefficient (Wildman–Crippen LogP) is 1.49. The van der Waals surface area contributed by atoms with E-state index in [1.807, 2.05) is 20.8 Å². The average molecular weight is 308 g/mol. The van der Waals surface area contributed by atoms with Crippen molar-refractivity contribution in [3.05, 3.63) is 0 Å². The molecule has 1 aliphatic rings. The van der Waals surface area contributed by atoms with Crippen molar-refractivity contribution in [2.75, 3.05) is 26.1 Å². The van der Waals surface area contributed by atoms with Crippen molar-refractivity contribution in [3.8, 4) is 0 Å². The van der Waals surface area contributed by atoms with E-state index in [2.05, 4.69) is 0 Å². The highest BCUT2D eigenvalue weighted by atomic mass is 32.2. The van der Waals surface area contributed by atoms with Crippen molar-refractivity contribution in [3.63, 3.8) is 0 Å². The summed E-state index contributed by atoms with van der Waals surface area (Å²) in [6, 6.07) is 0. The number of carbonyl (C=O) groups is 1. The minimum absolute atomic E-state index is 0.0158. The van der Waals surface area contributed by atoms with Crippen LogP contribution in [-0.2, 0) is 28.6 Å². The van der Waals surface area contributed by atoms with Crippen LogP contribution in [0.1, 0.15) is 40.0 Å². The summed E-state index contributed by atoms with van der Waals surface area (Å²) in [4.78, 5) is 12.4. The van der Waals surface area contributed by atoms with E-state index >= 15 is 0 Å². The molecule has 6 nitrogen and oxygen atoms in total. The molecule has 7 heteroatoms. The maximum absolute atomic E-state index is 12.4. The maximum Gasteiger partial charge on any atom is 0.312 e. The second kappa shape index (κ2) is 6.41. The Hall–Kier alpha value is -0.660. The molecule has 0 amide bonds. The molecule has 118 valence electrons. The quantitative estimate of drug-likeness (QED) is 0.565. The van der Waals surface area contributed by atoms with Crippen molar-refractivity contribution in [1.29, 1.82) is 0 Å². The Morgan fingerprint density at radius 3 is 2.25 bits per heavy atom. The van der Waals surface area contributed by atoms with Gasteiger partial charge in [0.25, 0.3) is 10.1 Å². The monoisotopic (exact) mass is 308 g/mol. The van der Waals surface area contributed by atoms with Gasteiger partial charge in [0, 0.05) is 13.2 Å². The number of carbonyl (C=O) groups excluding carboxylic acids is 1. The summed E-state index contributed by atoms with van der Waals surface area (Å²) in [5.41, 5.74) is -1.28. The molecule has 1 saturated heterocycles. The van der Waals surface area contributed by atoms with Gasteiger partial charge in [-0.25, -0.2) is 0 Å². The average Bonchev–Trinajstić information content (AvgIpc) is 2.26. The van der Waals surface area contributed by atoms with Crippen molar-refractivity contribution in [1.82, 2.24) is 0 Å². The van der Waals surface area contributed by atoms with Gasteiger partial charge in [-0.2, -0.15) is 8.42 Å². The van der Waals surface area contributed by atoms with E-state index in [1.165, 1.54) is 0 Å². The first-order chi connectivity index (χ1) is 9.04. The molecule has 1 heterocycles. The fourth-order valence-corrected chi connectivity index (χ4v) is 2.48. The van der Waals surface area contributed by atoms with E-state index < -0.39 is 21.1 Å². The van der Waals surface area contributed by atoms with Gasteiger partial charge in [0.1, 0.15) is 5.60 Å². The van der Waals surface area contributed by atoms with Crippen LogP contribution in [0.25, 0.3) is 0 Å². The number of ether oxygens (including phenoxy) is 2. The van der Waals surface area contributed by atoms with Crippen LogP contribution in [0, 0.1) is 5.41 Å². The largest absolute Gasteiger partial charge is 0.460 e. The molecular weight excluding hydrogens is 284 g/mol. The van der Waals surface area contributed by atoms with Gasteiger partial charge in [-0.1, -0.05) is 0 Å². The normalized spacial score (nSPS) is 19.6. The van der Waals surface area contributed by atoms with Gasteiger partial charge in [0.2, 0.25) is 0 Å². The van der Waals surface area contributed by atoms with Crippen LogP contribution in [-0.4, -0.2) is 46.1 Å². The molecule has 0 bridgehead atoms. The molecule has 0 saturated carbocycles. The smallest absolute Gasteiger partial charge is 0.312 e. The fourth-order valence-electron chi connectivity index (χ4n) is 2.09. The second-order valence-corrected chi connectivity index (χ2v) is 7.81. The molecule has 0 radical (unpaired) electrons. The highest BCUT2D eigenvalue weighted by Crippen LogP contribution is 2.37. The summed E-state index contributed by atoms with van der Waals surface area (Å²) < 4.78 is 37.5. The lowest BCUT2D eigenvalue weighted by atomic mass is 9.77. The maximum atomic E-state index is 12.4. The zero-order valence-corrected chi connectivity index (χ0v) is 13.4. The molecule has 0 aliphatic carbocycles. The van der Waals surface area contributed by atoms with Gasteiger partial charge < -0.3 is 9.47 Å². The zero-order chi connectivity index (χ0) is 15.4. The Balaban J connectivity index is 2.73. The molecule has 0 aromatic carbocycles. The molecule has 1 fully saturated rings. The fraction of sp³-hybridized carbons (Fsp3) is 0.923. The molecule has 0 unspecified atom stereocenters. The third-order valence-electron chi connectivity index (χ3n) is 3.16. The highest BCUT2D eigenvalue weighted by molar-refractivity contribution is 7.85. The van der Waals surface area contributed by atoms with Crippen LogP contribution in [0.3, 0.4) is 0 Å². The van der Waals surface area contributed by atoms with Gasteiger partial charge in [-0.15, -0.1) is 0 Å². The Morgan fingerprint density at radius 2 is 1.80 bits per heavy atom. The summed E-state index contributed by atoms with van der Waals surface area (Å²) in [7, 11) is -3.50. The van der Waals surface area contributed by atoms with E-state index in [0.29, 0.717) is 32.5 Å². The first-order valence-corrected chi connectivity index (χ1v) is 8.51. The molecule has 0 N–H and O–H groups in total. The molecule has 20 heavy (non-hydrogen) atoms. The van der Waals surface area contributed by atoms with Gasteiger partial charge in [0.15, 0.2) is 0 Å². The van der Waals surface area contributed by atoms with Crippen LogP contribution in [0.15, 0.2) is 0 Å². The summed E-state index contributed by atoms with van der Waals surface area (Å²) in [6.07, 6.45) is 2.36. The first-order valence-electron chi connectivity index (χ1n) is 6.70. The van der Waals surface area contributed by atoms with Crippen LogP contribution in [0.2, 0.25) is 0 Å². The lowest BCUT2D eigenvalue weighted by Crippen LogP contribution is -2.42. The summed E-state index contributed by atoms with van der Waals surface area (Å²) in [5.74, 6) is -0.301. The number of esters is 1. The lowest BCUT2D eigenvalue weighted by Gasteiger charge is -2.36. The summed E-state index contributed by atoms with van der Waals surface area (Å²) in [5, 5.41) is 0. The Kier molecular flexibility index (Phi) is 5.57. The van der Waals surface area contributed by atoms with E-state index in [4.69, 9.17) is 13.7 Å². The van der Waals surface area contributed by atoms with E-state index in [9.17, 15) is 13.2 Å². The predicted molar refractivity (Wildman–Crippen MR) is 73.7 cm³/mol. The van der Waals surface area contributed by atoms with Crippen molar-refractivity contribution in [2.45, 2.75) is 45.6 Å². The van der Waals surface area contributed by atoms with E-state index in [1.54, 1.807) is 0 Å². The first kappa shape index (κ1) is 17.4. The third kappa shape index (κ3) is 5.76. The molecule has 1 rings (SSSR count). The second-order valence-electron chi connectivity index (χ2n) is 6.17. The molecule has 0 aromatic heterocycles. The van der Waals surface area contributed by atoms with E-state index in [0.717, 1.165) is 6.26 Å². The number of hydrogen-bond acceptors (Lipinski definition) is 6. The Bertz CT molecular complexity index is 428. The highest BCUT2D eigenvalue weighted by Gasteiger charge is 2.42. The third-order valence-corrected chi connectivity index (χ3v) is 3.75. The Labute approximate surface area is 120 Å². The van der Waals surface area contributed by atoms with Crippen molar-refractivity contribution < 1.29 is 26.9 Å². The number of rotatable bonds is 5. The summed E-state index contributed by atoms with van der Waals surface area (Å²) >= 11 is 0. The van der Waals surface area contributed by atoms with Crippen LogP contribution in [0.4, 0.5) is 0 Å². The SMILES string of the molecule is CC(C)(C)OC(=O)C1(CCOS(C)(=O)=O)CCOCC1. The van der Waals surface area contributed by atoms with Crippen LogP contribution < -0.4 is 0 Å². The molecule has 0 aromatic rings. The molecule has 1 aliphatic heterocycles. The Morgan fingerprint density at radius 1 is 1.25 bits per heavy atom. The van der Waals surface area contributed by atoms with Gasteiger partial charge in [-0.05, 0) is 40.0 Å². The van der Waals surface area contributed by atoms with Gasteiger partial charge >= 0.3 is 5.97 Å². The van der Waals surface area contributed by atoms with Crippen LogP contribution >= 0.6 is 0 Å². The topological polar surface area (TPSA) is 78.9 Å². The minimum atomic E-state index is -3.50. The van der Waals surface area contributed by atoms with Crippen molar-refractivity contribution in [2.24, 2.45) is 5.41 Å². The zero-order valence-electron chi connectivity index (χ0n) is 12.6. The van der Waals surface area contributed by atoms with E-state index in [-0.39, 0.29) is 12.6 Å². The summed E-state index contributed by atoms with van der Waals surface area (Å²) in [6.45, 7) is 6.36. The van der Waals surface area contributed by atoms with Gasteiger partial charge in [0.05, 0.1) is 18.3 Å². The molecular formula is C13H24O6S. The molecule has 0 atom stereocenters. The van der Waals surface area contributed by atoms with Crippen LogP contribution in [0.5, 0.6) is 0 Å². The van der Waals surface area contributed by atoms with Gasteiger partial charge in [-0.3, -0.25) is 8.98 Å². The number of hydrogen-bond donors (Lipinski definition) is 0. The lowest BCUT2D eigenvalue weighted by molar-refractivity contribution is -0.174. The van der Waals surface area contributed by atoms with Crippen molar-refractivity contribution >= 4 is 16.1 Å². The minimum Gasteiger partial charge on any atom is -0.460 e. The molecule has 0 spiro atoms. The standard InChI is InChI=1S/C13H24O6S/c1-12(2,3)19-11(14)13(5-8-17-9-6-13)7-10-18-20(4,15)16/h5-10H2,1-4H3.